The van der Waals surface area contributed by atoms with Gasteiger partial charge in [0, 0.05) is 24.1 Å². The molecule has 1 aliphatic rings. The van der Waals surface area contributed by atoms with E-state index in [1.54, 1.807) is 0 Å². The van der Waals surface area contributed by atoms with E-state index in [4.69, 9.17) is 10.2 Å². The highest BCUT2D eigenvalue weighted by molar-refractivity contribution is 6.03. The lowest BCUT2D eigenvalue weighted by Gasteiger charge is -2.25. The van der Waals surface area contributed by atoms with Crippen LogP contribution in [0, 0.1) is 0 Å². The number of hydrogen-bond acceptors (Lipinski definition) is 8. The smallest absolute Gasteiger partial charge is 0.406 e. The van der Waals surface area contributed by atoms with Crippen LogP contribution in [0.25, 0.3) is 0 Å². The third-order valence-electron chi connectivity index (χ3n) is 5.20. The van der Waals surface area contributed by atoms with Crippen molar-refractivity contribution < 1.29 is 27.2 Å². The molecule has 4 rings (SSSR count). The second-order valence-electron chi connectivity index (χ2n) is 7.62. The van der Waals surface area contributed by atoms with Crippen molar-refractivity contribution in [1.82, 2.24) is 25.1 Å². The number of nitrogens with two attached hydrogens (primary N) is 1. The molecule has 0 radical (unpaired) electrons. The van der Waals surface area contributed by atoms with Crippen LogP contribution in [0.1, 0.15) is 39.9 Å². The van der Waals surface area contributed by atoms with Crippen LogP contribution in [0.3, 0.4) is 0 Å². The molecule has 1 fully saturated rings. The van der Waals surface area contributed by atoms with Crippen LogP contribution < -0.4 is 21.3 Å². The van der Waals surface area contributed by atoms with Crippen LogP contribution in [0.2, 0.25) is 0 Å². The van der Waals surface area contributed by atoms with Gasteiger partial charge in [0.25, 0.3) is 11.8 Å². The van der Waals surface area contributed by atoms with Gasteiger partial charge in [-0.15, -0.1) is 0 Å². The third kappa shape index (κ3) is 5.33. The van der Waals surface area contributed by atoms with Gasteiger partial charge in [-0.1, -0.05) is 0 Å². The fourth-order valence-electron chi connectivity index (χ4n) is 3.65. The number of anilines is 3. The number of halogens is 3. The van der Waals surface area contributed by atoms with Crippen molar-refractivity contribution >= 4 is 29.0 Å². The van der Waals surface area contributed by atoms with Crippen LogP contribution in [0.15, 0.2) is 41.6 Å². The molecule has 0 spiro atoms. The second-order valence-corrected chi connectivity index (χ2v) is 7.62. The van der Waals surface area contributed by atoms with E-state index in [2.05, 4.69) is 25.7 Å². The zero-order chi connectivity index (χ0) is 24.3. The molecule has 0 saturated carbocycles. The molecule has 0 bridgehead atoms. The number of aromatic nitrogens is 4. The molecule has 0 aromatic carbocycles. The molecule has 14 heteroatoms. The Bertz CT molecular complexity index is 1160. The van der Waals surface area contributed by atoms with E-state index in [9.17, 15) is 22.8 Å². The molecule has 0 unspecified atom stereocenters. The van der Waals surface area contributed by atoms with Gasteiger partial charge in [-0.2, -0.15) is 18.3 Å². The van der Waals surface area contributed by atoms with Crippen molar-refractivity contribution in [2.75, 3.05) is 29.9 Å². The van der Waals surface area contributed by atoms with Crippen LogP contribution in [0.5, 0.6) is 0 Å². The monoisotopic (exact) mass is 478 g/mol. The van der Waals surface area contributed by atoms with Gasteiger partial charge in [-0.3, -0.25) is 14.3 Å². The van der Waals surface area contributed by atoms with E-state index < -0.39 is 24.5 Å². The van der Waals surface area contributed by atoms with Gasteiger partial charge in [0.15, 0.2) is 17.8 Å². The Kier molecular flexibility index (Phi) is 6.49. The van der Waals surface area contributed by atoms with Gasteiger partial charge in [-0.25, -0.2) is 9.97 Å². The molecule has 4 N–H and O–H groups in total. The first kappa shape index (κ1) is 23.2. The van der Waals surface area contributed by atoms with E-state index in [0.717, 1.165) is 17.6 Å². The average molecular weight is 478 g/mol. The van der Waals surface area contributed by atoms with Gasteiger partial charge in [0.1, 0.15) is 18.6 Å². The van der Waals surface area contributed by atoms with Crippen molar-refractivity contribution in [3.63, 3.8) is 0 Å². The summed E-state index contributed by atoms with van der Waals surface area (Å²) in [5, 5.41) is 9.92. The predicted octanol–water partition coefficient (Wildman–Crippen LogP) is 2.24. The SMILES string of the molecule is NC(=O)c1nn(C2CCNCC2)cc1N(CC(F)(F)F)c1cc(NC(=O)c2cocn2)ccn1. The molecule has 4 heterocycles. The van der Waals surface area contributed by atoms with Crippen LogP contribution in [-0.4, -0.2) is 57.4 Å². The lowest BCUT2D eigenvalue weighted by atomic mass is 10.1. The maximum Gasteiger partial charge on any atom is 0.406 e. The number of hydrogen-bond donors (Lipinski definition) is 3. The van der Waals surface area contributed by atoms with E-state index in [0.29, 0.717) is 25.9 Å². The Morgan fingerprint density at radius 3 is 2.71 bits per heavy atom. The lowest BCUT2D eigenvalue weighted by molar-refractivity contribution is -0.118. The molecule has 1 saturated heterocycles. The minimum Gasteiger partial charge on any atom is -0.451 e. The number of nitrogens with one attached hydrogen (secondary N) is 2. The number of carbonyl (C=O) groups excluding carboxylic acids is 2. The highest BCUT2D eigenvalue weighted by Gasteiger charge is 2.35. The van der Waals surface area contributed by atoms with E-state index >= 15 is 0 Å². The van der Waals surface area contributed by atoms with Crippen molar-refractivity contribution in [3.8, 4) is 0 Å². The summed E-state index contributed by atoms with van der Waals surface area (Å²) in [5.41, 5.74) is 5.18. The summed E-state index contributed by atoms with van der Waals surface area (Å²) in [6.07, 6.45) is 1.56. The number of primary amides is 1. The summed E-state index contributed by atoms with van der Waals surface area (Å²) in [6, 6.07) is 2.55. The molecular weight excluding hydrogens is 457 g/mol. The van der Waals surface area contributed by atoms with E-state index in [-0.39, 0.29) is 34.6 Å². The Balaban J connectivity index is 1.71. The first-order valence-corrected chi connectivity index (χ1v) is 10.3. The molecule has 0 atom stereocenters. The highest BCUT2D eigenvalue weighted by Crippen LogP contribution is 2.33. The summed E-state index contributed by atoms with van der Waals surface area (Å²) in [4.78, 5) is 32.9. The van der Waals surface area contributed by atoms with Crippen molar-refractivity contribution in [2.24, 2.45) is 5.73 Å². The molecule has 34 heavy (non-hydrogen) atoms. The second kappa shape index (κ2) is 9.51. The van der Waals surface area contributed by atoms with Crippen molar-refractivity contribution in [1.29, 1.82) is 0 Å². The number of oxazole rings is 1. The van der Waals surface area contributed by atoms with Crippen LogP contribution >= 0.6 is 0 Å². The Morgan fingerprint density at radius 1 is 1.29 bits per heavy atom. The molecule has 180 valence electrons. The van der Waals surface area contributed by atoms with E-state index in [1.807, 2.05) is 0 Å². The summed E-state index contributed by atoms with van der Waals surface area (Å²) in [6.45, 7) is -0.0292. The number of amides is 2. The summed E-state index contributed by atoms with van der Waals surface area (Å²) in [5.74, 6) is -1.75. The quantitative estimate of drug-likeness (QED) is 0.469. The lowest BCUT2D eigenvalue weighted by Crippen LogP contribution is -2.32. The van der Waals surface area contributed by atoms with Crippen molar-refractivity contribution in [2.45, 2.75) is 25.1 Å². The largest absolute Gasteiger partial charge is 0.451 e. The topological polar surface area (TPSA) is 144 Å². The molecule has 3 aromatic rings. The van der Waals surface area contributed by atoms with Crippen molar-refractivity contribution in [3.05, 3.63) is 48.6 Å². The summed E-state index contributed by atoms with van der Waals surface area (Å²) in [7, 11) is 0. The summed E-state index contributed by atoms with van der Waals surface area (Å²) < 4.78 is 46.9. The van der Waals surface area contributed by atoms with Gasteiger partial charge in [-0.05, 0) is 32.0 Å². The zero-order valence-corrected chi connectivity index (χ0v) is 17.7. The first-order chi connectivity index (χ1) is 16.2. The number of pyridine rings is 1. The first-order valence-electron chi connectivity index (χ1n) is 10.3. The molecule has 3 aromatic heterocycles. The number of carbonyl (C=O) groups is 2. The van der Waals surface area contributed by atoms with Gasteiger partial charge in [0.05, 0.1) is 11.7 Å². The normalized spacial score (nSPS) is 14.7. The maximum absolute atomic E-state index is 13.6. The Labute approximate surface area is 191 Å². The fourth-order valence-corrected chi connectivity index (χ4v) is 3.65. The maximum atomic E-state index is 13.6. The van der Waals surface area contributed by atoms with E-state index in [1.165, 1.54) is 29.2 Å². The molecule has 1 aliphatic heterocycles. The summed E-state index contributed by atoms with van der Waals surface area (Å²) >= 11 is 0. The molecule has 0 aliphatic carbocycles. The average Bonchev–Trinajstić information content (AvgIpc) is 3.48. The number of alkyl halides is 3. The Morgan fingerprint density at radius 2 is 2.06 bits per heavy atom. The minimum absolute atomic E-state index is 0.00947. The zero-order valence-electron chi connectivity index (χ0n) is 17.7. The minimum atomic E-state index is -4.65. The molecule has 11 nitrogen and oxygen atoms in total. The fraction of sp³-hybridized carbons (Fsp3) is 0.350. The van der Waals surface area contributed by atoms with Crippen LogP contribution in [0.4, 0.5) is 30.4 Å². The number of nitrogens with zero attached hydrogens (tertiary/aromatic N) is 5. The predicted molar refractivity (Wildman–Crippen MR) is 114 cm³/mol. The standard InChI is InChI=1S/C20H21F3N8O3/c21-20(22,23)10-30(15-8-31(29-17(15)18(24)32)13-2-4-25-5-3-13)16-7-12(1-6-26-16)28-19(33)14-9-34-11-27-14/h1,6-9,11,13,25H,2-5,10H2,(H2,24,32)(H,26,28,33). The number of piperidine rings is 1. The Hall–Kier alpha value is -3.94. The van der Waals surface area contributed by atoms with Crippen LogP contribution in [-0.2, 0) is 0 Å². The van der Waals surface area contributed by atoms with Gasteiger partial charge >= 0.3 is 6.18 Å². The third-order valence-corrected chi connectivity index (χ3v) is 5.20. The highest BCUT2D eigenvalue weighted by atomic mass is 19.4. The molecule has 2 amide bonds. The van der Waals surface area contributed by atoms with Gasteiger partial charge in [0.2, 0.25) is 0 Å². The number of rotatable bonds is 7. The molecular formula is C20H21F3N8O3. The van der Waals surface area contributed by atoms with Gasteiger partial charge < -0.3 is 25.7 Å².